The van der Waals surface area contributed by atoms with E-state index in [0.29, 0.717) is 0 Å². The number of rotatable bonds is 6. The summed E-state index contributed by atoms with van der Waals surface area (Å²) in [5.74, 6) is 0.0802. The lowest BCUT2D eigenvalue weighted by molar-refractivity contribution is -0.0299. The average Bonchev–Trinajstić information content (AvgIpc) is 2.03. The number of unbranched alkanes of at least 4 members (excludes halogenated alkanes) is 1. The van der Waals surface area contributed by atoms with E-state index in [1.54, 1.807) is 0 Å². The van der Waals surface area contributed by atoms with Crippen molar-refractivity contribution in [2.45, 2.75) is 52.6 Å². The topological polar surface area (TPSA) is 33.0 Å². The molecule has 0 aliphatic heterocycles. The number of hydrogen-bond acceptors (Lipinski definition) is 2. The van der Waals surface area contributed by atoms with Crippen LogP contribution in [0.2, 0.25) is 0 Å². The van der Waals surface area contributed by atoms with Crippen molar-refractivity contribution in [2.75, 3.05) is 6.61 Å². The van der Waals surface area contributed by atoms with Gasteiger partial charge in [0, 0.05) is 12.5 Å². The molecule has 0 spiro atoms. The molecule has 0 N–H and O–H groups in total. The zero-order valence-corrected chi connectivity index (χ0v) is 9.26. The fraction of sp³-hybridized carbons (Fsp3) is 0.909. The summed E-state index contributed by atoms with van der Waals surface area (Å²) in [5.41, 5.74) is -0.148. The van der Waals surface area contributed by atoms with E-state index in [9.17, 15) is 0 Å². The third-order valence-corrected chi connectivity index (χ3v) is 2.01. The number of hydrogen-bond donors (Lipinski definition) is 0. The van der Waals surface area contributed by atoms with Crippen molar-refractivity contribution in [3.8, 4) is 6.07 Å². The Labute approximate surface area is 81.9 Å². The number of ether oxygens (including phenoxy) is 1. The van der Waals surface area contributed by atoms with Crippen LogP contribution in [0.1, 0.15) is 47.0 Å². The minimum atomic E-state index is -0.148. The van der Waals surface area contributed by atoms with Gasteiger partial charge >= 0.3 is 0 Å². The molecule has 0 saturated heterocycles. The van der Waals surface area contributed by atoms with Crippen LogP contribution in [0.15, 0.2) is 0 Å². The molecule has 1 unspecified atom stereocenters. The highest BCUT2D eigenvalue weighted by Gasteiger charge is 2.21. The molecule has 2 nitrogen and oxygen atoms in total. The van der Waals surface area contributed by atoms with Gasteiger partial charge in [-0.05, 0) is 33.6 Å². The molecule has 0 rings (SSSR count). The maximum absolute atomic E-state index is 8.66. The highest BCUT2D eigenvalue weighted by atomic mass is 16.5. The molecule has 0 aromatic carbocycles. The van der Waals surface area contributed by atoms with Crippen LogP contribution in [-0.2, 0) is 4.74 Å². The Morgan fingerprint density at radius 3 is 2.54 bits per heavy atom. The summed E-state index contributed by atoms with van der Waals surface area (Å²) in [5, 5.41) is 8.66. The van der Waals surface area contributed by atoms with Crippen LogP contribution in [0.25, 0.3) is 0 Å². The molecule has 0 fully saturated rings. The van der Waals surface area contributed by atoms with Crippen molar-refractivity contribution in [1.29, 1.82) is 5.26 Å². The largest absolute Gasteiger partial charge is 0.376 e. The Bertz CT molecular complexity index is 169. The van der Waals surface area contributed by atoms with Crippen molar-refractivity contribution in [3.63, 3.8) is 0 Å². The minimum Gasteiger partial charge on any atom is -0.376 e. The predicted octanol–water partition coefficient (Wildman–Crippen LogP) is 3.13. The lowest BCUT2D eigenvalue weighted by Gasteiger charge is -2.26. The molecule has 0 bridgehead atoms. The van der Waals surface area contributed by atoms with Gasteiger partial charge < -0.3 is 4.74 Å². The second-order valence-electron chi connectivity index (χ2n) is 4.20. The van der Waals surface area contributed by atoms with E-state index < -0.39 is 0 Å². The van der Waals surface area contributed by atoms with Gasteiger partial charge in [-0.2, -0.15) is 5.26 Å². The molecule has 0 aromatic heterocycles. The predicted molar refractivity (Wildman–Crippen MR) is 54.3 cm³/mol. The van der Waals surface area contributed by atoms with E-state index in [0.717, 1.165) is 25.9 Å². The zero-order valence-electron chi connectivity index (χ0n) is 9.26. The van der Waals surface area contributed by atoms with Crippen LogP contribution in [-0.4, -0.2) is 12.2 Å². The lowest BCUT2D eigenvalue weighted by Crippen LogP contribution is -2.27. The van der Waals surface area contributed by atoms with Gasteiger partial charge in [-0.3, -0.25) is 0 Å². The first-order valence-corrected chi connectivity index (χ1v) is 5.05. The maximum atomic E-state index is 8.66. The first kappa shape index (κ1) is 12.4. The first-order chi connectivity index (χ1) is 6.02. The highest BCUT2D eigenvalue weighted by molar-refractivity contribution is 4.84. The van der Waals surface area contributed by atoms with E-state index in [1.165, 1.54) is 0 Å². The Balaban J connectivity index is 3.73. The van der Waals surface area contributed by atoms with E-state index in [1.807, 2.05) is 6.92 Å². The van der Waals surface area contributed by atoms with Crippen molar-refractivity contribution in [2.24, 2.45) is 5.92 Å². The van der Waals surface area contributed by atoms with E-state index in [4.69, 9.17) is 10.00 Å². The van der Waals surface area contributed by atoms with E-state index in [2.05, 4.69) is 26.8 Å². The van der Waals surface area contributed by atoms with E-state index in [-0.39, 0.29) is 11.5 Å². The van der Waals surface area contributed by atoms with Crippen LogP contribution in [0.5, 0.6) is 0 Å². The summed E-state index contributed by atoms with van der Waals surface area (Å²) in [7, 11) is 0. The standard InChI is InChI=1S/C11H21NO/c1-5-6-7-13-11(3,4)8-10(2)9-12/h10H,5-8H2,1-4H3. The Kier molecular flexibility index (Phi) is 5.73. The van der Waals surface area contributed by atoms with Gasteiger partial charge in [0.25, 0.3) is 0 Å². The number of nitrogens with zero attached hydrogens (tertiary/aromatic N) is 1. The molecule has 0 saturated carbocycles. The summed E-state index contributed by atoms with van der Waals surface area (Å²) in [6, 6.07) is 2.23. The zero-order chi connectivity index (χ0) is 10.3. The lowest BCUT2D eigenvalue weighted by atomic mass is 9.96. The van der Waals surface area contributed by atoms with Gasteiger partial charge in [0.05, 0.1) is 11.7 Å². The third-order valence-electron chi connectivity index (χ3n) is 2.01. The summed E-state index contributed by atoms with van der Waals surface area (Å²) in [6.45, 7) is 8.99. The minimum absolute atomic E-state index is 0.0802. The molecular formula is C11H21NO. The molecule has 0 aliphatic carbocycles. The van der Waals surface area contributed by atoms with E-state index >= 15 is 0 Å². The molecule has 0 radical (unpaired) electrons. The summed E-state index contributed by atoms with van der Waals surface area (Å²) in [4.78, 5) is 0. The molecule has 76 valence electrons. The average molecular weight is 183 g/mol. The highest BCUT2D eigenvalue weighted by Crippen LogP contribution is 2.20. The van der Waals surface area contributed by atoms with Crippen molar-refractivity contribution < 1.29 is 4.74 Å². The van der Waals surface area contributed by atoms with Crippen molar-refractivity contribution in [1.82, 2.24) is 0 Å². The SMILES string of the molecule is CCCCOC(C)(C)CC(C)C#N. The van der Waals surface area contributed by atoms with Gasteiger partial charge in [0.1, 0.15) is 0 Å². The molecule has 2 heteroatoms. The number of nitriles is 1. The second kappa shape index (κ2) is 5.99. The van der Waals surface area contributed by atoms with Gasteiger partial charge in [0.15, 0.2) is 0 Å². The molecule has 0 heterocycles. The van der Waals surface area contributed by atoms with Crippen LogP contribution in [0.3, 0.4) is 0 Å². The molecule has 0 aromatic rings. The fourth-order valence-electron chi connectivity index (χ4n) is 1.33. The Hall–Kier alpha value is -0.550. The summed E-state index contributed by atoms with van der Waals surface area (Å²) >= 11 is 0. The molecule has 13 heavy (non-hydrogen) atoms. The fourth-order valence-corrected chi connectivity index (χ4v) is 1.33. The second-order valence-corrected chi connectivity index (χ2v) is 4.20. The Morgan fingerprint density at radius 2 is 2.08 bits per heavy atom. The van der Waals surface area contributed by atoms with Gasteiger partial charge in [-0.1, -0.05) is 13.3 Å². The summed E-state index contributed by atoms with van der Waals surface area (Å²) < 4.78 is 5.69. The third kappa shape index (κ3) is 6.60. The van der Waals surface area contributed by atoms with Gasteiger partial charge in [0.2, 0.25) is 0 Å². The Morgan fingerprint density at radius 1 is 1.46 bits per heavy atom. The first-order valence-electron chi connectivity index (χ1n) is 5.05. The van der Waals surface area contributed by atoms with Gasteiger partial charge in [-0.15, -0.1) is 0 Å². The monoisotopic (exact) mass is 183 g/mol. The summed E-state index contributed by atoms with van der Waals surface area (Å²) in [6.07, 6.45) is 3.07. The molecule has 0 amide bonds. The van der Waals surface area contributed by atoms with Crippen molar-refractivity contribution >= 4 is 0 Å². The smallest absolute Gasteiger partial charge is 0.0653 e. The van der Waals surface area contributed by atoms with Crippen LogP contribution in [0, 0.1) is 17.2 Å². The molecule has 1 atom stereocenters. The quantitative estimate of drug-likeness (QED) is 0.593. The molecule has 0 aliphatic rings. The van der Waals surface area contributed by atoms with Crippen LogP contribution < -0.4 is 0 Å². The van der Waals surface area contributed by atoms with Crippen LogP contribution >= 0.6 is 0 Å². The normalized spacial score (nSPS) is 13.8. The maximum Gasteiger partial charge on any atom is 0.0653 e. The van der Waals surface area contributed by atoms with Crippen molar-refractivity contribution in [3.05, 3.63) is 0 Å². The molecular weight excluding hydrogens is 162 g/mol. The van der Waals surface area contributed by atoms with Crippen LogP contribution in [0.4, 0.5) is 0 Å². The van der Waals surface area contributed by atoms with Gasteiger partial charge in [-0.25, -0.2) is 0 Å².